The summed E-state index contributed by atoms with van der Waals surface area (Å²) in [6, 6.07) is 17.4. The second-order valence-corrected chi connectivity index (χ2v) is 8.96. The quantitative estimate of drug-likeness (QED) is 0.335. The van der Waals surface area contributed by atoms with Crippen LogP contribution >= 0.6 is 0 Å². The van der Waals surface area contributed by atoms with Crippen LogP contribution in [-0.2, 0) is 32.1 Å². The summed E-state index contributed by atoms with van der Waals surface area (Å²) in [5, 5.41) is 2.61. The number of nitrogens with one attached hydrogen (secondary N) is 1. The van der Waals surface area contributed by atoms with Gasteiger partial charge >= 0.3 is 12.1 Å². The van der Waals surface area contributed by atoms with Crippen LogP contribution in [0, 0.1) is 5.82 Å². The molecule has 1 aliphatic rings. The molecule has 0 unspecified atom stereocenters. The number of hydrogen-bond donors (Lipinski definition) is 1. The summed E-state index contributed by atoms with van der Waals surface area (Å²) in [7, 11) is 0. The van der Waals surface area contributed by atoms with E-state index in [0.29, 0.717) is 28.2 Å². The molecule has 4 aromatic rings. The van der Waals surface area contributed by atoms with E-state index < -0.39 is 18.0 Å². The zero-order valence-electron chi connectivity index (χ0n) is 20.6. The van der Waals surface area contributed by atoms with Crippen molar-refractivity contribution in [3.8, 4) is 11.1 Å². The van der Waals surface area contributed by atoms with Crippen LogP contribution < -0.4 is 10.2 Å². The van der Waals surface area contributed by atoms with Gasteiger partial charge in [-0.2, -0.15) is 0 Å². The van der Waals surface area contributed by atoms with Gasteiger partial charge in [0.25, 0.3) is 0 Å². The smallest absolute Gasteiger partial charge is 0.414 e. The largest absolute Gasteiger partial charge is 0.461 e. The number of benzene rings is 2. The van der Waals surface area contributed by atoms with Crippen LogP contribution in [0.2, 0.25) is 0 Å². The van der Waals surface area contributed by atoms with Crippen molar-refractivity contribution in [2.24, 2.45) is 0 Å². The predicted molar refractivity (Wildman–Crippen MR) is 144 cm³/mol. The van der Waals surface area contributed by atoms with Gasteiger partial charge in [0.2, 0.25) is 5.91 Å². The van der Waals surface area contributed by atoms with Crippen LogP contribution in [0.15, 0.2) is 73.1 Å². The average molecular weight is 533 g/mol. The molecule has 0 bridgehead atoms. The molecule has 2 aromatic heterocycles. The summed E-state index contributed by atoms with van der Waals surface area (Å²) in [5.74, 6) is -1.12. The number of nitrogens with zero attached hydrogens (tertiary/aromatic N) is 3. The highest BCUT2D eigenvalue weighted by molar-refractivity contribution is 5.90. The van der Waals surface area contributed by atoms with Crippen molar-refractivity contribution < 1.29 is 28.2 Å². The molecular formula is C29H29FN4O5. The molecule has 1 saturated heterocycles. The summed E-state index contributed by atoms with van der Waals surface area (Å²) in [5.41, 5.74) is 3.36. The van der Waals surface area contributed by atoms with Crippen molar-refractivity contribution in [2.75, 3.05) is 18.0 Å². The Balaban J connectivity index is 0.00000353. The number of imidazole rings is 1. The molecule has 1 fully saturated rings. The van der Waals surface area contributed by atoms with E-state index in [1.807, 2.05) is 30.3 Å². The number of anilines is 1. The molecule has 1 N–H and O–H groups in total. The molecule has 202 valence electrons. The fraction of sp³-hybridized carbons (Fsp3) is 0.241. The number of amides is 2. The third-order valence-electron chi connectivity index (χ3n) is 6.10. The minimum atomic E-state index is -0.595. The Kier molecular flexibility index (Phi) is 8.24. The minimum Gasteiger partial charge on any atom is -0.461 e. The first-order chi connectivity index (χ1) is 18.4. The number of fused-ring (bicyclic) bond motifs is 1. The molecule has 0 radical (unpaired) electrons. The fourth-order valence-corrected chi connectivity index (χ4v) is 4.23. The van der Waals surface area contributed by atoms with E-state index in [9.17, 15) is 14.4 Å². The van der Waals surface area contributed by atoms with Crippen LogP contribution in [-0.4, -0.2) is 46.5 Å². The van der Waals surface area contributed by atoms with Gasteiger partial charge in [-0.3, -0.25) is 14.5 Å². The standard InChI is InChI=1S/C28H25FN4O5.CH4/c1-18(34)30-13-23-16-33(28(36)38-23)22-8-9-24(25(29)12-22)20-7-10-26-31-21(15-32(26)14-20)11-27(35)37-17-19-5-3-2-4-6-19;/h2-10,12,14-15,23H,11,13,16-17H2,1H3,(H,30,34);1H4/t23-;/m0./s1. The molecule has 0 aliphatic carbocycles. The van der Waals surface area contributed by atoms with E-state index in [2.05, 4.69) is 10.3 Å². The van der Waals surface area contributed by atoms with Gasteiger partial charge in [0, 0.05) is 30.4 Å². The van der Waals surface area contributed by atoms with Gasteiger partial charge in [-0.25, -0.2) is 14.2 Å². The molecule has 9 nitrogen and oxygen atoms in total. The molecule has 10 heteroatoms. The van der Waals surface area contributed by atoms with Crippen molar-refractivity contribution >= 4 is 29.3 Å². The number of pyridine rings is 1. The summed E-state index contributed by atoms with van der Waals surface area (Å²) < 4.78 is 27.5. The van der Waals surface area contributed by atoms with Crippen molar-refractivity contribution in [1.82, 2.24) is 14.7 Å². The number of ether oxygens (including phenoxy) is 2. The number of carbonyl (C=O) groups is 3. The van der Waals surface area contributed by atoms with E-state index in [-0.39, 0.29) is 45.4 Å². The lowest BCUT2D eigenvalue weighted by Gasteiger charge is -2.14. The van der Waals surface area contributed by atoms with Gasteiger partial charge in [0.15, 0.2) is 0 Å². The third-order valence-corrected chi connectivity index (χ3v) is 6.10. The highest BCUT2D eigenvalue weighted by Crippen LogP contribution is 2.29. The lowest BCUT2D eigenvalue weighted by Crippen LogP contribution is -2.33. The first kappa shape index (κ1) is 27.3. The van der Waals surface area contributed by atoms with E-state index in [1.54, 1.807) is 41.1 Å². The molecule has 1 aliphatic heterocycles. The Morgan fingerprint density at radius 1 is 1.13 bits per heavy atom. The highest BCUT2D eigenvalue weighted by Gasteiger charge is 2.32. The summed E-state index contributed by atoms with van der Waals surface area (Å²) >= 11 is 0. The number of rotatable bonds is 8. The summed E-state index contributed by atoms with van der Waals surface area (Å²) in [4.78, 5) is 41.4. The number of hydrogen-bond acceptors (Lipinski definition) is 6. The van der Waals surface area contributed by atoms with Crippen LogP contribution in [0.25, 0.3) is 16.8 Å². The van der Waals surface area contributed by atoms with Crippen LogP contribution in [0.4, 0.5) is 14.9 Å². The number of cyclic esters (lactones) is 1. The predicted octanol–water partition coefficient (Wildman–Crippen LogP) is 4.52. The Hall–Kier alpha value is -4.73. The van der Waals surface area contributed by atoms with Gasteiger partial charge < -0.3 is 19.2 Å². The number of esters is 1. The maximum Gasteiger partial charge on any atom is 0.414 e. The van der Waals surface area contributed by atoms with E-state index in [1.165, 1.54) is 17.9 Å². The van der Waals surface area contributed by atoms with Crippen LogP contribution in [0.1, 0.15) is 25.6 Å². The van der Waals surface area contributed by atoms with Crippen LogP contribution in [0.3, 0.4) is 0 Å². The Morgan fingerprint density at radius 2 is 1.92 bits per heavy atom. The van der Waals surface area contributed by atoms with Gasteiger partial charge in [-0.05, 0) is 35.9 Å². The van der Waals surface area contributed by atoms with Gasteiger partial charge in [0.05, 0.1) is 30.9 Å². The van der Waals surface area contributed by atoms with Crippen molar-refractivity contribution in [1.29, 1.82) is 0 Å². The number of halogens is 1. The molecule has 1 atom stereocenters. The lowest BCUT2D eigenvalue weighted by atomic mass is 10.1. The fourth-order valence-electron chi connectivity index (χ4n) is 4.23. The van der Waals surface area contributed by atoms with E-state index in [4.69, 9.17) is 9.47 Å². The highest BCUT2D eigenvalue weighted by atomic mass is 19.1. The topological polar surface area (TPSA) is 102 Å². The molecule has 5 rings (SSSR count). The molecular weight excluding hydrogens is 503 g/mol. The zero-order chi connectivity index (χ0) is 26.6. The summed E-state index contributed by atoms with van der Waals surface area (Å²) in [6.07, 6.45) is 2.35. The molecule has 2 aromatic carbocycles. The SMILES string of the molecule is C.CC(=O)NC[C@H]1CN(c2ccc(-c3ccc4nc(CC(=O)OCc5ccccc5)cn4c3)c(F)c2)C(=O)O1. The van der Waals surface area contributed by atoms with Crippen molar-refractivity contribution in [2.45, 2.75) is 33.5 Å². The maximum absolute atomic E-state index is 15.1. The number of carbonyl (C=O) groups excluding carboxylic acids is 3. The molecule has 3 heterocycles. The first-order valence-corrected chi connectivity index (χ1v) is 12.1. The van der Waals surface area contributed by atoms with Gasteiger partial charge in [-0.15, -0.1) is 0 Å². The average Bonchev–Trinajstić information content (AvgIpc) is 3.48. The van der Waals surface area contributed by atoms with Gasteiger partial charge in [-0.1, -0.05) is 37.8 Å². The van der Waals surface area contributed by atoms with Crippen molar-refractivity contribution in [3.63, 3.8) is 0 Å². The first-order valence-electron chi connectivity index (χ1n) is 12.1. The van der Waals surface area contributed by atoms with Crippen molar-refractivity contribution in [3.05, 3.63) is 90.1 Å². The van der Waals surface area contributed by atoms with Gasteiger partial charge in [0.1, 0.15) is 24.2 Å². The number of aromatic nitrogens is 2. The summed E-state index contributed by atoms with van der Waals surface area (Å²) in [6.45, 7) is 1.97. The maximum atomic E-state index is 15.1. The molecule has 2 amide bonds. The lowest BCUT2D eigenvalue weighted by molar-refractivity contribution is -0.144. The molecule has 39 heavy (non-hydrogen) atoms. The second-order valence-electron chi connectivity index (χ2n) is 8.96. The zero-order valence-corrected chi connectivity index (χ0v) is 20.6. The Bertz CT molecular complexity index is 1500. The van der Waals surface area contributed by atoms with E-state index >= 15 is 4.39 Å². The third kappa shape index (κ3) is 6.40. The second kappa shape index (κ2) is 11.8. The monoisotopic (exact) mass is 532 g/mol. The molecule has 0 spiro atoms. The van der Waals surface area contributed by atoms with E-state index in [0.717, 1.165) is 5.56 Å². The van der Waals surface area contributed by atoms with Crippen LogP contribution in [0.5, 0.6) is 0 Å². The normalized spacial score (nSPS) is 14.6. The molecule has 0 saturated carbocycles. The Labute approximate surface area is 225 Å². The Morgan fingerprint density at radius 3 is 2.67 bits per heavy atom. The minimum absolute atomic E-state index is 0.